The molecular weight excluding hydrogens is 305 g/mol. The van der Waals surface area contributed by atoms with Gasteiger partial charge < -0.3 is 9.30 Å². The zero-order valence-corrected chi connectivity index (χ0v) is 13.1. The SMILES string of the molecule is FCC1CCCN1Cc1ccnc2c1cc(Cl)n2C1COC1. The third-order valence-corrected chi connectivity index (χ3v) is 5.11. The van der Waals surface area contributed by atoms with E-state index in [2.05, 4.69) is 14.5 Å². The van der Waals surface area contributed by atoms with Gasteiger partial charge in [0, 0.05) is 24.2 Å². The van der Waals surface area contributed by atoms with Gasteiger partial charge in [0.15, 0.2) is 0 Å². The van der Waals surface area contributed by atoms with Crippen molar-refractivity contribution in [2.45, 2.75) is 31.5 Å². The van der Waals surface area contributed by atoms with E-state index in [-0.39, 0.29) is 18.8 Å². The number of rotatable bonds is 4. The van der Waals surface area contributed by atoms with Crippen molar-refractivity contribution in [3.63, 3.8) is 0 Å². The van der Waals surface area contributed by atoms with Gasteiger partial charge in [0.05, 0.1) is 19.3 Å². The Hall–Kier alpha value is -1.17. The lowest BCUT2D eigenvalue weighted by Gasteiger charge is -2.28. The lowest BCUT2D eigenvalue weighted by Crippen LogP contribution is -2.31. The number of hydrogen-bond acceptors (Lipinski definition) is 3. The molecule has 0 N–H and O–H groups in total. The zero-order chi connectivity index (χ0) is 15.1. The van der Waals surface area contributed by atoms with E-state index in [1.807, 2.05) is 18.3 Å². The van der Waals surface area contributed by atoms with E-state index in [1.54, 1.807) is 0 Å². The van der Waals surface area contributed by atoms with Crippen molar-refractivity contribution in [2.24, 2.45) is 0 Å². The van der Waals surface area contributed by atoms with Gasteiger partial charge in [0.2, 0.25) is 0 Å². The first-order valence-electron chi connectivity index (χ1n) is 7.80. The third-order valence-electron chi connectivity index (χ3n) is 4.82. The number of alkyl halides is 1. The van der Waals surface area contributed by atoms with Gasteiger partial charge in [-0.1, -0.05) is 11.6 Å². The Kier molecular flexibility index (Phi) is 3.80. The average molecular weight is 324 g/mol. The highest BCUT2D eigenvalue weighted by Gasteiger charge is 2.27. The van der Waals surface area contributed by atoms with Crippen LogP contribution >= 0.6 is 11.6 Å². The van der Waals surface area contributed by atoms with E-state index < -0.39 is 0 Å². The fraction of sp³-hybridized carbons (Fsp3) is 0.562. The van der Waals surface area contributed by atoms with Crippen LogP contribution in [0.4, 0.5) is 4.39 Å². The maximum Gasteiger partial charge on any atom is 0.141 e. The Morgan fingerprint density at radius 1 is 1.41 bits per heavy atom. The first kappa shape index (κ1) is 14.4. The molecule has 4 heterocycles. The van der Waals surface area contributed by atoms with Crippen molar-refractivity contribution in [2.75, 3.05) is 26.4 Å². The van der Waals surface area contributed by atoms with Gasteiger partial charge in [0.1, 0.15) is 17.5 Å². The van der Waals surface area contributed by atoms with Gasteiger partial charge in [-0.25, -0.2) is 9.37 Å². The quantitative estimate of drug-likeness (QED) is 0.865. The second kappa shape index (κ2) is 5.80. The van der Waals surface area contributed by atoms with Crippen LogP contribution in [0.1, 0.15) is 24.4 Å². The van der Waals surface area contributed by atoms with E-state index in [1.165, 1.54) is 5.56 Å². The number of fused-ring (bicyclic) bond motifs is 1. The van der Waals surface area contributed by atoms with Gasteiger partial charge in [-0.05, 0) is 37.1 Å². The molecule has 2 fully saturated rings. The first-order chi connectivity index (χ1) is 10.8. The Labute approximate surface area is 133 Å². The van der Waals surface area contributed by atoms with Crippen LogP contribution in [0.2, 0.25) is 5.15 Å². The molecule has 4 nitrogen and oxygen atoms in total. The number of pyridine rings is 1. The zero-order valence-electron chi connectivity index (χ0n) is 12.3. The van der Waals surface area contributed by atoms with Gasteiger partial charge in [-0.15, -0.1) is 0 Å². The summed E-state index contributed by atoms with van der Waals surface area (Å²) >= 11 is 6.41. The second-order valence-corrected chi connectivity index (χ2v) is 6.54. The summed E-state index contributed by atoms with van der Waals surface area (Å²) in [4.78, 5) is 6.74. The van der Waals surface area contributed by atoms with Crippen molar-refractivity contribution in [1.29, 1.82) is 0 Å². The molecule has 0 spiro atoms. The minimum atomic E-state index is -0.268. The number of ether oxygens (including phenoxy) is 1. The van der Waals surface area contributed by atoms with Crippen LogP contribution in [0, 0.1) is 0 Å². The molecule has 0 aliphatic carbocycles. The van der Waals surface area contributed by atoms with Crippen LogP contribution < -0.4 is 0 Å². The van der Waals surface area contributed by atoms with Crippen LogP contribution in [0.3, 0.4) is 0 Å². The molecule has 2 aromatic rings. The molecule has 2 aliphatic heterocycles. The van der Waals surface area contributed by atoms with Gasteiger partial charge in [0.25, 0.3) is 0 Å². The molecule has 0 saturated carbocycles. The molecule has 2 saturated heterocycles. The van der Waals surface area contributed by atoms with Crippen LogP contribution in [0.25, 0.3) is 11.0 Å². The Bertz CT molecular complexity index is 685. The van der Waals surface area contributed by atoms with E-state index in [9.17, 15) is 4.39 Å². The summed E-state index contributed by atoms with van der Waals surface area (Å²) < 4.78 is 20.4. The summed E-state index contributed by atoms with van der Waals surface area (Å²) in [6.45, 7) is 2.82. The third kappa shape index (κ3) is 2.32. The molecule has 1 atom stereocenters. The van der Waals surface area contributed by atoms with Crippen molar-refractivity contribution >= 4 is 22.6 Å². The predicted molar refractivity (Wildman–Crippen MR) is 84.0 cm³/mol. The highest BCUT2D eigenvalue weighted by molar-refractivity contribution is 6.31. The monoisotopic (exact) mass is 323 g/mol. The minimum Gasteiger partial charge on any atom is -0.377 e. The molecule has 2 aliphatic rings. The number of nitrogens with zero attached hydrogens (tertiary/aromatic N) is 3. The standard InChI is InChI=1S/C16H19ClFN3O/c17-15-6-14-11(8-20-5-1-2-12(20)7-18)3-4-19-16(14)21(15)13-9-22-10-13/h3-4,6,12-13H,1-2,5,7-10H2. The van der Waals surface area contributed by atoms with E-state index >= 15 is 0 Å². The molecule has 2 aromatic heterocycles. The number of aromatic nitrogens is 2. The highest BCUT2D eigenvalue weighted by atomic mass is 35.5. The number of likely N-dealkylation sites (tertiary alicyclic amines) is 1. The summed E-state index contributed by atoms with van der Waals surface area (Å²) in [5.41, 5.74) is 2.08. The Morgan fingerprint density at radius 2 is 2.27 bits per heavy atom. The summed E-state index contributed by atoms with van der Waals surface area (Å²) in [5.74, 6) is 0. The maximum atomic E-state index is 13.1. The molecule has 22 heavy (non-hydrogen) atoms. The van der Waals surface area contributed by atoms with Gasteiger partial charge >= 0.3 is 0 Å². The molecular formula is C16H19ClFN3O. The van der Waals surface area contributed by atoms with E-state index in [4.69, 9.17) is 16.3 Å². The summed E-state index contributed by atoms with van der Waals surface area (Å²) in [5, 5.41) is 1.77. The first-order valence-corrected chi connectivity index (χ1v) is 8.18. The van der Waals surface area contributed by atoms with Crippen LogP contribution in [-0.2, 0) is 11.3 Å². The van der Waals surface area contributed by atoms with Gasteiger partial charge in [-0.3, -0.25) is 4.90 Å². The van der Waals surface area contributed by atoms with Crippen LogP contribution in [0.5, 0.6) is 0 Å². The smallest absolute Gasteiger partial charge is 0.141 e. The molecule has 6 heteroatoms. The van der Waals surface area contributed by atoms with Crippen LogP contribution in [-0.4, -0.2) is 46.9 Å². The van der Waals surface area contributed by atoms with Gasteiger partial charge in [-0.2, -0.15) is 0 Å². The Morgan fingerprint density at radius 3 is 3.00 bits per heavy atom. The maximum absolute atomic E-state index is 13.1. The van der Waals surface area contributed by atoms with E-state index in [0.29, 0.717) is 18.4 Å². The summed E-state index contributed by atoms with van der Waals surface area (Å²) in [7, 11) is 0. The van der Waals surface area contributed by atoms with E-state index in [0.717, 1.165) is 37.0 Å². The molecule has 0 aromatic carbocycles. The van der Waals surface area contributed by atoms with Crippen molar-refractivity contribution in [3.05, 3.63) is 29.0 Å². The molecule has 0 bridgehead atoms. The average Bonchev–Trinajstić information content (AvgIpc) is 3.03. The highest BCUT2D eigenvalue weighted by Crippen LogP contribution is 2.32. The van der Waals surface area contributed by atoms with Crippen LogP contribution in [0.15, 0.2) is 18.3 Å². The fourth-order valence-corrected chi connectivity index (χ4v) is 3.82. The summed E-state index contributed by atoms with van der Waals surface area (Å²) in [6, 6.07) is 4.34. The largest absolute Gasteiger partial charge is 0.377 e. The van der Waals surface area contributed by atoms with Crippen molar-refractivity contribution in [3.8, 4) is 0 Å². The van der Waals surface area contributed by atoms with Crippen molar-refractivity contribution < 1.29 is 9.13 Å². The fourth-order valence-electron chi connectivity index (χ4n) is 3.49. The Balaban J connectivity index is 1.69. The molecule has 0 amide bonds. The predicted octanol–water partition coefficient (Wildman–Crippen LogP) is 3.19. The number of hydrogen-bond donors (Lipinski definition) is 0. The molecule has 4 rings (SSSR count). The molecule has 118 valence electrons. The lowest BCUT2D eigenvalue weighted by atomic mass is 10.1. The normalized spacial score (nSPS) is 23.3. The topological polar surface area (TPSA) is 30.3 Å². The summed E-state index contributed by atoms with van der Waals surface area (Å²) in [6.07, 6.45) is 3.85. The lowest BCUT2D eigenvalue weighted by molar-refractivity contribution is -0.0214. The second-order valence-electron chi connectivity index (χ2n) is 6.16. The molecule has 0 radical (unpaired) electrons. The minimum absolute atomic E-state index is 0.0563. The van der Waals surface area contributed by atoms with Crippen molar-refractivity contribution in [1.82, 2.24) is 14.5 Å². The molecule has 1 unspecified atom stereocenters. The number of halogens is 2.